The summed E-state index contributed by atoms with van der Waals surface area (Å²) in [6, 6.07) is 14.8. The van der Waals surface area contributed by atoms with Crippen molar-refractivity contribution in [3.05, 3.63) is 47.5 Å². The van der Waals surface area contributed by atoms with Crippen molar-refractivity contribution >= 4 is 53.2 Å². The van der Waals surface area contributed by atoms with Gasteiger partial charge in [0.05, 0.1) is 11.4 Å². The van der Waals surface area contributed by atoms with E-state index in [4.69, 9.17) is 16.3 Å². The number of amides is 1. The molecule has 1 aliphatic carbocycles. The van der Waals surface area contributed by atoms with Crippen molar-refractivity contribution in [1.82, 2.24) is 9.80 Å². The van der Waals surface area contributed by atoms with Crippen LogP contribution in [0.3, 0.4) is 0 Å². The van der Waals surface area contributed by atoms with Crippen LogP contribution in [0.25, 0.3) is 0 Å². The summed E-state index contributed by atoms with van der Waals surface area (Å²) in [6.07, 6.45) is 7.35. The Morgan fingerprint density at radius 2 is 1.74 bits per heavy atom. The quantitative estimate of drug-likeness (QED) is 0.409. The lowest BCUT2D eigenvalue weighted by Gasteiger charge is -2.46. The molecule has 0 bridgehead atoms. The van der Waals surface area contributed by atoms with Crippen molar-refractivity contribution in [2.75, 3.05) is 31.1 Å². The monoisotopic (exact) mass is 577 g/mol. The minimum absolute atomic E-state index is 0. The highest BCUT2D eigenvalue weighted by atomic mass is 35.5. The summed E-state index contributed by atoms with van der Waals surface area (Å²) in [7, 11) is 0. The van der Waals surface area contributed by atoms with Crippen molar-refractivity contribution in [3.8, 4) is 0 Å². The van der Waals surface area contributed by atoms with Gasteiger partial charge in [0.25, 0.3) is 0 Å². The Bertz CT molecular complexity index is 1170. The second-order valence-corrected chi connectivity index (χ2v) is 12.6. The Labute approximate surface area is 241 Å². The molecule has 2 aromatic rings. The summed E-state index contributed by atoms with van der Waals surface area (Å²) >= 11 is 8.17. The number of nitrogens with zero attached hydrogens (tertiary/aromatic N) is 3. The summed E-state index contributed by atoms with van der Waals surface area (Å²) in [5.41, 5.74) is 0.342. The molecule has 6 nitrogen and oxygen atoms in total. The van der Waals surface area contributed by atoms with Gasteiger partial charge in [0.1, 0.15) is 0 Å². The number of hydrogen-bond acceptors (Lipinski definition) is 6. The number of likely N-dealkylation sites (tertiary alicyclic amines) is 1. The molecule has 1 N–H and O–H groups in total. The molecule has 3 heterocycles. The van der Waals surface area contributed by atoms with E-state index in [0.717, 1.165) is 63.3 Å². The van der Waals surface area contributed by atoms with Crippen molar-refractivity contribution < 1.29 is 14.6 Å². The first-order valence-corrected chi connectivity index (χ1v) is 14.9. The second-order valence-electron chi connectivity index (χ2n) is 11.1. The van der Waals surface area contributed by atoms with E-state index < -0.39 is 11.3 Å². The van der Waals surface area contributed by atoms with E-state index >= 15 is 0 Å². The van der Waals surface area contributed by atoms with E-state index in [0.29, 0.717) is 12.8 Å². The lowest BCUT2D eigenvalue weighted by atomic mass is 9.80. The van der Waals surface area contributed by atoms with Crippen LogP contribution in [0.15, 0.2) is 52.3 Å². The fourth-order valence-electron chi connectivity index (χ4n) is 6.76. The van der Waals surface area contributed by atoms with Gasteiger partial charge in [-0.1, -0.05) is 54.8 Å². The molecule has 3 fully saturated rings. The van der Waals surface area contributed by atoms with Gasteiger partial charge in [-0.25, -0.2) is 4.79 Å². The fraction of sp³-hybridized carbons (Fsp3) is 0.552. The molecule has 206 valence electrons. The SMILES string of the molecule is CC1(O)N(C2CCCCC2)C(=O)OC12CCN(CCCN1c3ccccc3Sc3ccc(Cl)cc31)CC2.Cl. The number of rotatable bonds is 5. The number of piperidine rings is 1. The van der Waals surface area contributed by atoms with Crippen molar-refractivity contribution in [3.63, 3.8) is 0 Å². The van der Waals surface area contributed by atoms with E-state index in [9.17, 15) is 9.90 Å². The van der Waals surface area contributed by atoms with E-state index in [1.807, 2.05) is 6.07 Å². The Morgan fingerprint density at radius 3 is 2.50 bits per heavy atom. The zero-order chi connectivity index (χ0) is 25.6. The average Bonchev–Trinajstić information content (AvgIpc) is 3.09. The van der Waals surface area contributed by atoms with Crippen LogP contribution < -0.4 is 4.90 Å². The van der Waals surface area contributed by atoms with Crippen LogP contribution in [0.4, 0.5) is 16.2 Å². The molecule has 1 amide bonds. The lowest BCUT2D eigenvalue weighted by molar-refractivity contribution is -0.173. The second kappa shape index (κ2) is 11.1. The molecule has 4 aliphatic rings. The number of carbonyl (C=O) groups excluding carboxylic acids is 1. The minimum Gasteiger partial charge on any atom is -0.437 e. The summed E-state index contributed by atoms with van der Waals surface area (Å²) in [5.74, 6) is 0. The highest BCUT2D eigenvalue weighted by Crippen LogP contribution is 2.49. The van der Waals surface area contributed by atoms with E-state index in [1.54, 1.807) is 23.6 Å². The number of carbonyl (C=O) groups is 1. The van der Waals surface area contributed by atoms with Crippen LogP contribution in [-0.4, -0.2) is 64.5 Å². The topological polar surface area (TPSA) is 56.2 Å². The maximum absolute atomic E-state index is 12.9. The van der Waals surface area contributed by atoms with Crippen LogP contribution in [-0.2, 0) is 4.74 Å². The summed E-state index contributed by atoms with van der Waals surface area (Å²) < 4.78 is 6.00. The van der Waals surface area contributed by atoms with E-state index in [-0.39, 0.29) is 24.5 Å². The van der Waals surface area contributed by atoms with E-state index in [2.05, 4.69) is 46.2 Å². The first-order chi connectivity index (χ1) is 17.9. The molecule has 1 spiro atoms. The van der Waals surface area contributed by atoms with Gasteiger partial charge in [-0.2, -0.15) is 0 Å². The molecule has 2 saturated heterocycles. The Balaban J connectivity index is 0.00000294. The molecule has 1 atom stereocenters. The standard InChI is InChI=1S/C29H36ClN3O3S.ClH/c1-28(35)29(36-27(34)33(28)22-8-3-2-4-9-22)14-18-31(19-15-29)16-7-17-32-23-10-5-6-11-25(23)37-26-13-12-21(30)20-24(26)32;/h5-6,10-13,20,22,35H,2-4,7-9,14-19H2,1H3;1H. The highest BCUT2D eigenvalue weighted by Gasteiger charge is 2.63. The summed E-state index contributed by atoms with van der Waals surface area (Å²) in [5, 5.41) is 12.4. The molecule has 1 unspecified atom stereocenters. The number of para-hydroxylation sites is 1. The highest BCUT2D eigenvalue weighted by molar-refractivity contribution is 7.99. The zero-order valence-corrected chi connectivity index (χ0v) is 24.3. The Kier molecular flexibility index (Phi) is 8.14. The van der Waals surface area contributed by atoms with Gasteiger partial charge >= 0.3 is 6.09 Å². The zero-order valence-electron chi connectivity index (χ0n) is 21.9. The van der Waals surface area contributed by atoms with Crippen LogP contribution in [0.2, 0.25) is 5.02 Å². The van der Waals surface area contributed by atoms with E-state index in [1.165, 1.54) is 27.6 Å². The number of halogens is 2. The molecule has 6 rings (SSSR count). The number of fused-ring (bicyclic) bond motifs is 2. The van der Waals surface area contributed by atoms with Crippen LogP contribution in [0.5, 0.6) is 0 Å². The van der Waals surface area contributed by atoms with Crippen LogP contribution in [0.1, 0.15) is 58.3 Å². The van der Waals surface area contributed by atoms with Gasteiger partial charge < -0.3 is 19.6 Å². The largest absolute Gasteiger partial charge is 0.437 e. The Morgan fingerprint density at radius 1 is 1.03 bits per heavy atom. The van der Waals surface area contributed by atoms with Gasteiger partial charge in [0.15, 0.2) is 11.3 Å². The number of ether oxygens (including phenoxy) is 1. The average molecular weight is 579 g/mol. The normalized spacial score (nSPS) is 25.1. The maximum Gasteiger partial charge on any atom is 0.413 e. The molecule has 1 saturated carbocycles. The molecular weight excluding hydrogens is 541 g/mol. The molecular formula is C29H37Cl2N3O3S. The molecule has 2 aromatic carbocycles. The third-order valence-corrected chi connectivity index (χ3v) is 10.2. The van der Waals surface area contributed by atoms with Gasteiger partial charge in [0, 0.05) is 53.3 Å². The summed E-state index contributed by atoms with van der Waals surface area (Å²) in [6.45, 7) is 5.29. The smallest absolute Gasteiger partial charge is 0.413 e. The lowest BCUT2D eigenvalue weighted by Crippen LogP contribution is -2.62. The van der Waals surface area contributed by atoms with Gasteiger partial charge in [-0.3, -0.25) is 4.90 Å². The first kappa shape index (κ1) is 27.9. The van der Waals surface area contributed by atoms with Crippen LogP contribution in [0, 0.1) is 0 Å². The van der Waals surface area contributed by atoms with Crippen molar-refractivity contribution in [2.45, 2.75) is 85.4 Å². The van der Waals surface area contributed by atoms with Crippen LogP contribution >= 0.6 is 35.8 Å². The number of benzene rings is 2. The predicted molar refractivity (Wildman–Crippen MR) is 155 cm³/mol. The van der Waals surface area contributed by atoms with Gasteiger partial charge in [0.2, 0.25) is 0 Å². The molecule has 38 heavy (non-hydrogen) atoms. The minimum atomic E-state index is -1.25. The molecule has 0 radical (unpaired) electrons. The van der Waals surface area contributed by atoms with Crippen molar-refractivity contribution in [1.29, 1.82) is 0 Å². The Hall–Kier alpha value is -1.64. The maximum atomic E-state index is 12.9. The molecule has 9 heteroatoms. The van der Waals surface area contributed by atoms with Gasteiger partial charge in [-0.05, 0) is 63.1 Å². The predicted octanol–water partition coefficient (Wildman–Crippen LogP) is 7.08. The van der Waals surface area contributed by atoms with Crippen molar-refractivity contribution in [2.24, 2.45) is 0 Å². The third-order valence-electron chi connectivity index (χ3n) is 8.86. The third kappa shape index (κ3) is 4.90. The number of aliphatic hydroxyl groups is 1. The first-order valence-electron chi connectivity index (χ1n) is 13.7. The number of anilines is 2. The summed E-state index contributed by atoms with van der Waals surface area (Å²) in [4.78, 5) is 21.9. The molecule has 3 aliphatic heterocycles. The van der Waals surface area contributed by atoms with Gasteiger partial charge in [-0.15, -0.1) is 12.4 Å². The molecule has 0 aromatic heterocycles. The number of hydrogen-bond donors (Lipinski definition) is 1. The fourth-order valence-corrected chi connectivity index (χ4v) is 8.01.